The molecule has 0 bridgehead atoms. The maximum absolute atomic E-state index is 12.0. The second-order valence-corrected chi connectivity index (χ2v) is 8.22. The van der Waals surface area contributed by atoms with Gasteiger partial charge in [0, 0.05) is 13.2 Å². The minimum absolute atomic E-state index is 0.0129. The van der Waals surface area contributed by atoms with Crippen molar-refractivity contribution < 1.29 is 14.6 Å². The van der Waals surface area contributed by atoms with Gasteiger partial charge in [-0.3, -0.25) is 4.79 Å². The summed E-state index contributed by atoms with van der Waals surface area (Å²) in [7, 11) is 0. The van der Waals surface area contributed by atoms with E-state index < -0.39 is 11.4 Å². The lowest BCUT2D eigenvalue weighted by Crippen LogP contribution is -2.52. The molecule has 0 aromatic heterocycles. The van der Waals surface area contributed by atoms with Gasteiger partial charge < -0.3 is 20.5 Å². The van der Waals surface area contributed by atoms with Crippen LogP contribution >= 0.6 is 0 Å². The molecule has 0 radical (unpaired) electrons. The summed E-state index contributed by atoms with van der Waals surface area (Å²) < 4.78 is 5.87. The number of nitrogens with two attached hydrogens (primary N) is 1. The first-order chi connectivity index (χ1) is 10.3. The highest BCUT2D eigenvalue weighted by molar-refractivity contribution is 5.75. The van der Waals surface area contributed by atoms with Crippen molar-refractivity contribution in [2.45, 2.75) is 52.6 Å². The first-order valence-corrected chi connectivity index (χ1v) is 8.54. The van der Waals surface area contributed by atoms with Gasteiger partial charge in [0.1, 0.15) is 0 Å². The fourth-order valence-electron chi connectivity index (χ4n) is 3.68. The van der Waals surface area contributed by atoms with Crippen molar-refractivity contribution in [1.29, 1.82) is 0 Å². The molecule has 0 aromatic carbocycles. The number of rotatable bonds is 4. The average molecular weight is 312 g/mol. The first kappa shape index (κ1) is 17.7. The van der Waals surface area contributed by atoms with E-state index in [9.17, 15) is 9.90 Å². The average Bonchev–Trinajstić information content (AvgIpc) is 2.47. The molecule has 0 aliphatic carbocycles. The van der Waals surface area contributed by atoms with Crippen molar-refractivity contribution in [1.82, 2.24) is 4.90 Å². The topological polar surface area (TPSA) is 75.8 Å². The zero-order valence-corrected chi connectivity index (χ0v) is 14.3. The second-order valence-electron chi connectivity index (χ2n) is 8.22. The predicted octanol–water partition coefficient (Wildman–Crippen LogP) is 1.95. The zero-order chi connectivity index (χ0) is 16.4. The SMILES string of the molecule is CC(C)(C)C1CC(CN2CCC(CN)CC2)(C(=O)O)CCO1. The van der Waals surface area contributed by atoms with Crippen LogP contribution in [0.15, 0.2) is 0 Å². The van der Waals surface area contributed by atoms with E-state index in [1.165, 1.54) is 0 Å². The molecule has 2 fully saturated rings. The number of nitrogens with zero attached hydrogens (tertiary/aromatic N) is 1. The van der Waals surface area contributed by atoms with Crippen molar-refractivity contribution in [3.8, 4) is 0 Å². The molecule has 2 atom stereocenters. The highest BCUT2D eigenvalue weighted by Crippen LogP contribution is 2.41. The predicted molar refractivity (Wildman–Crippen MR) is 86.7 cm³/mol. The Hall–Kier alpha value is -0.650. The van der Waals surface area contributed by atoms with Gasteiger partial charge in [0.15, 0.2) is 0 Å². The van der Waals surface area contributed by atoms with Gasteiger partial charge in [0.05, 0.1) is 11.5 Å². The molecule has 0 spiro atoms. The fraction of sp³-hybridized carbons (Fsp3) is 0.941. The number of hydrogen-bond donors (Lipinski definition) is 2. The van der Waals surface area contributed by atoms with Crippen LogP contribution in [0, 0.1) is 16.7 Å². The molecule has 3 N–H and O–H groups in total. The zero-order valence-electron chi connectivity index (χ0n) is 14.3. The number of hydrogen-bond acceptors (Lipinski definition) is 4. The molecule has 2 heterocycles. The number of carboxylic acid groups (broad SMARTS) is 1. The Morgan fingerprint density at radius 1 is 1.36 bits per heavy atom. The van der Waals surface area contributed by atoms with Crippen LogP contribution in [-0.4, -0.2) is 54.9 Å². The summed E-state index contributed by atoms with van der Waals surface area (Å²) in [6, 6.07) is 0. The largest absolute Gasteiger partial charge is 0.481 e. The minimum atomic E-state index is -0.661. The van der Waals surface area contributed by atoms with E-state index in [0.717, 1.165) is 32.5 Å². The first-order valence-electron chi connectivity index (χ1n) is 8.54. The van der Waals surface area contributed by atoms with Crippen molar-refractivity contribution in [3.63, 3.8) is 0 Å². The molecule has 22 heavy (non-hydrogen) atoms. The summed E-state index contributed by atoms with van der Waals surface area (Å²) in [6.45, 7) is 10.3. The van der Waals surface area contributed by atoms with Gasteiger partial charge in [-0.05, 0) is 56.7 Å². The number of piperidine rings is 1. The Labute approximate surface area is 134 Å². The third-order valence-corrected chi connectivity index (χ3v) is 5.46. The van der Waals surface area contributed by atoms with Gasteiger partial charge in [0.2, 0.25) is 0 Å². The lowest BCUT2D eigenvalue weighted by atomic mass is 9.71. The number of likely N-dealkylation sites (tertiary alicyclic amines) is 1. The van der Waals surface area contributed by atoms with Crippen LogP contribution in [-0.2, 0) is 9.53 Å². The molecule has 5 heteroatoms. The molecule has 2 aliphatic rings. The van der Waals surface area contributed by atoms with Crippen LogP contribution in [0.3, 0.4) is 0 Å². The van der Waals surface area contributed by atoms with Gasteiger partial charge in [-0.1, -0.05) is 20.8 Å². The van der Waals surface area contributed by atoms with Crippen molar-refractivity contribution >= 4 is 5.97 Å². The van der Waals surface area contributed by atoms with Crippen molar-refractivity contribution in [2.24, 2.45) is 22.5 Å². The molecule has 2 rings (SSSR count). The van der Waals surface area contributed by atoms with Crippen molar-refractivity contribution in [3.05, 3.63) is 0 Å². The Morgan fingerprint density at radius 2 is 2.00 bits per heavy atom. The van der Waals surface area contributed by atoms with E-state index in [0.29, 0.717) is 31.9 Å². The van der Waals surface area contributed by atoms with E-state index in [1.807, 2.05) is 0 Å². The molecule has 0 saturated carbocycles. The van der Waals surface area contributed by atoms with Crippen LogP contribution in [0.4, 0.5) is 0 Å². The Kier molecular flexibility index (Phi) is 5.51. The molecule has 2 saturated heterocycles. The molecule has 0 aromatic rings. The quantitative estimate of drug-likeness (QED) is 0.830. The number of carboxylic acids is 1. The Balaban J connectivity index is 2.04. The molecule has 2 unspecified atom stereocenters. The summed E-state index contributed by atoms with van der Waals surface area (Å²) in [5.74, 6) is -0.0555. The highest BCUT2D eigenvalue weighted by atomic mass is 16.5. The summed E-state index contributed by atoms with van der Waals surface area (Å²) in [6.07, 6.45) is 3.42. The van der Waals surface area contributed by atoms with E-state index >= 15 is 0 Å². The summed E-state index contributed by atoms with van der Waals surface area (Å²) in [4.78, 5) is 14.4. The van der Waals surface area contributed by atoms with E-state index in [2.05, 4.69) is 25.7 Å². The van der Waals surface area contributed by atoms with Gasteiger partial charge in [0.25, 0.3) is 0 Å². The molecule has 128 valence electrons. The molecular weight excluding hydrogens is 280 g/mol. The lowest BCUT2D eigenvalue weighted by molar-refractivity contribution is -0.167. The van der Waals surface area contributed by atoms with Gasteiger partial charge >= 0.3 is 5.97 Å². The monoisotopic (exact) mass is 312 g/mol. The second kappa shape index (κ2) is 6.85. The maximum Gasteiger partial charge on any atom is 0.311 e. The molecule has 2 aliphatic heterocycles. The highest BCUT2D eigenvalue weighted by Gasteiger charge is 2.47. The van der Waals surface area contributed by atoms with Crippen molar-refractivity contribution in [2.75, 3.05) is 32.8 Å². The normalized spacial score (nSPS) is 32.1. The van der Waals surface area contributed by atoms with Crippen LogP contribution in [0.25, 0.3) is 0 Å². The van der Waals surface area contributed by atoms with Crippen LogP contribution in [0.1, 0.15) is 46.5 Å². The lowest BCUT2D eigenvalue weighted by Gasteiger charge is -2.45. The third-order valence-electron chi connectivity index (χ3n) is 5.46. The van der Waals surface area contributed by atoms with Gasteiger partial charge in [-0.25, -0.2) is 0 Å². The third kappa shape index (κ3) is 4.00. The number of carbonyl (C=O) groups is 1. The summed E-state index contributed by atoms with van der Waals surface area (Å²) in [5, 5.41) is 9.90. The Morgan fingerprint density at radius 3 is 2.50 bits per heavy atom. The molecule has 5 nitrogen and oxygen atoms in total. The standard InChI is InChI=1S/C17H32N2O3/c1-16(2,3)14-10-17(15(20)21,6-9-22-14)12-19-7-4-13(11-18)5-8-19/h13-14H,4-12,18H2,1-3H3,(H,20,21). The molecular formula is C17H32N2O3. The van der Waals surface area contributed by atoms with Gasteiger partial charge in [-0.15, -0.1) is 0 Å². The van der Waals surface area contributed by atoms with Crippen LogP contribution < -0.4 is 5.73 Å². The molecule has 0 amide bonds. The Bertz CT molecular complexity index is 386. The van der Waals surface area contributed by atoms with Gasteiger partial charge in [-0.2, -0.15) is 0 Å². The van der Waals surface area contributed by atoms with Crippen LogP contribution in [0.2, 0.25) is 0 Å². The smallest absolute Gasteiger partial charge is 0.311 e. The number of aliphatic carboxylic acids is 1. The minimum Gasteiger partial charge on any atom is -0.481 e. The maximum atomic E-state index is 12.0. The summed E-state index contributed by atoms with van der Waals surface area (Å²) in [5.41, 5.74) is 5.06. The van der Waals surface area contributed by atoms with E-state index in [1.54, 1.807) is 0 Å². The van der Waals surface area contributed by atoms with Crippen LogP contribution in [0.5, 0.6) is 0 Å². The van der Waals surface area contributed by atoms with E-state index in [-0.39, 0.29) is 11.5 Å². The van der Waals surface area contributed by atoms with E-state index in [4.69, 9.17) is 10.5 Å². The number of ether oxygens (including phenoxy) is 1. The summed E-state index contributed by atoms with van der Waals surface area (Å²) >= 11 is 0. The fourth-order valence-corrected chi connectivity index (χ4v) is 3.68.